The summed E-state index contributed by atoms with van der Waals surface area (Å²) in [5.74, 6) is -2.65. The number of rotatable bonds is 7. The number of esters is 2. The van der Waals surface area contributed by atoms with Crippen LogP contribution in [0, 0.1) is 5.92 Å². The van der Waals surface area contributed by atoms with Gasteiger partial charge in [-0.15, -0.1) is 0 Å². The molecule has 1 atom stereocenters. The third-order valence-corrected chi connectivity index (χ3v) is 2.45. The van der Waals surface area contributed by atoms with E-state index in [1.54, 1.807) is 6.92 Å². The van der Waals surface area contributed by atoms with E-state index in [-0.39, 0.29) is 6.61 Å². The molecule has 0 heterocycles. The van der Waals surface area contributed by atoms with Crippen LogP contribution in [0.3, 0.4) is 0 Å². The topological polar surface area (TPSA) is 107 Å². The van der Waals surface area contributed by atoms with E-state index >= 15 is 0 Å². The molecule has 1 unspecified atom stereocenters. The molecular weight excluding hydrogens is 264 g/mol. The molecule has 8 heteroatoms. The van der Waals surface area contributed by atoms with E-state index in [1.165, 1.54) is 19.1 Å². The Kier molecular flexibility index (Phi) is 7.21. The van der Waals surface area contributed by atoms with E-state index in [4.69, 9.17) is 9.29 Å². The van der Waals surface area contributed by atoms with Crippen molar-refractivity contribution in [2.24, 2.45) is 5.92 Å². The standard InChI is InChI=1S/C10H16O7S/c1-3-4-9(11)17-7-8(2)10(12)16-5-6-18(13,14)15/h3-4,8H,5-7H2,1-2H3,(H,13,14,15). The molecule has 0 aromatic carbocycles. The summed E-state index contributed by atoms with van der Waals surface area (Å²) < 4.78 is 38.4. The summed E-state index contributed by atoms with van der Waals surface area (Å²) in [5.41, 5.74) is 0. The second-order valence-electron chi connectivity index (χ2n) is 3.48. The molecule has 0 aromatic heterocycles. The zero-order chi connectivity index (χ0) is 14.2. The summed E-state index contributed by atoms with van der Waals surface area (Å²) in [6, 6.07) is 0. The first-order valence-electron chi connectivity index (χ1n) is 5.17. The second kappa shape index (κ2) is 7.83. The number of carbonyl (C=O) groups excluding carboxylic acids is 2. The molecule has 0 spiro atoms. The molecule has 0 aliphatic carbocycles. The van der Waals surface area contributed by atoms with Crippen LogP contribution in [0.25, 0.3) is 0 Å². The highest BCUT2D eigenvalue weighted by atomic mass is 32.2. The Balaban J connectivity index is 3.93. The monoisotopic (exact) mass is 280 g/mol. The maximum Gasteiger partial charge on any atom is 0.330 e. The van der Waals surface area contributed by atoms with Gasteiger partial charge in [-0.05, 0) is 13.8 Å². The minimum atomic E-state index is -4.15. The van der Waals surface area contributed by atoms with Gasteiger partial charge in [-0.3, -0.25) is 9.35 Å². The highest BCUT2D eigenvalue weighted by Gasteiger charge is 2.17. The molecule has 0 saturated carbocycles. The predicted molar refractivity (Wildman–Crippen MR) is 62.3 cm³/mol. The second-order valence-corrected chi connectivity index (χ2v) is 5.06. The van der Waals surface area contributed by atoms with Crippen molar-refractivity contribution in [2.45, 2.75) is 13.8 Å². The van der Waals surface area contributed by atoms with Crippen LogP contribution in [0.2, 0.25) is 0 Å². The van der Waals surface area contributed by atoms with Gasteiger partial charge >= 0.3 is 11.9 Å². The van der Waals surface area contributed by atoms with Crippen molar-refractivity contribution in [3.8, 4) is 0 Å². The first kappa shape index (κ1) is 16.6. The average Bonchev–Trinajstić information content (AvgIpc) is 2.24. The van der Waals surface area contributed by atoms with Crippen LogP contribution >= 0.6 is 0 Å². The molecular formula is C10H16O7S. The van der Waals surface area contributed by atoms with Gasteiger partial charge in [-0.25, -0.2) is 4.79 Å². The van der Waals surface area contributed by atoms with Crippen LogP contribution in [0.1, 0.15) is 13.8 Å². The number of hydrogen-bond acceptors (Lipinski definition) is 6. The molecule has 1 N–H and O–H groups in total. The van der Waals surface area contributed by atoms with Crippen LogP contribution in [0.15, 0.2) is 12.2 Å². The Morgan fingerprint density at radius 1 is 1.33 bits per heavy atom. The predicted octanol–water partition coefficient (Wildman–Crippen LogP) is 0.173. The van der Waals surface area contributed by atoms with E-state index in [2.05, 4.69) is 4.74 Å². The molecule has 0 saturated heterocycles. The summed E-state index contributed by atoms with van der Waals surface area (Å²) >= 11 is 0. The molecule has 0 rings (SSSR count). The van der Waals surface area contributed by atoms with Crippen LogP contribution in [0.5, 0.6) is 0 Å². The largest absolute Gasteiger partial charge is 0.464 e. The van der Waals surface area contributed by atoms with E-state index in [0.717, 1.165) is 0 Å². The van der Waals surface area contributed by atoms with Crippen LogP contribution in [-0.2, 0) is 29.2 Å². The molecule has 0 radical (unpaired) electrons. The van der Waals surface area contributed by atoms with Gasteiger partial charge in [-0.2, -0.15) is 8.42 Å². The molecule has 0 amide bonds. The molecule has 0 aromatic rings. The van der Waals surface area contributed by atoms with Crippen LogP contribution < -0.4 is 0 Å². The van der Waals surface area contributed by atoms with Gasteiger partial charge in [0.25, 0.3) is 10.1 Å². The molecule has 0 bridgehead atoms. The quantitative estimate of drug-likeness (QED) is 0.402. The first-order chi connectivity index (χ1) is 8.26. The highest BCUT2D eigenvalue weighted by Crippen LogP contribution is 2.00. The zero-order valence-corrected chi connectivity index (χ0v) is 11.0. The molecule has 18 heavy (non-hydrogen) atoms. The van der Waals surface area contributed by atoms with Crippen molar-refractivity contribution in [1.29, 1.82) is 0 Å². The van der Waals surface area contributed by atoms with Gasteiger partial charge in [0.15, 0.2) is 0 Å². The van der Waals surface area contributed by atoms with Gasteiger partial charge in [0.1, 0.15) is 19.0 Å². The van der Waals surface area contributed by atoms with Crippen LogP contribution in [-0.4, -0.2) is 43.9 Å². The fourth-order valence-electron chi connectivity index (χ4n) is 0.849. The Labute approximate surface area is 106 Å². The summed E-state index contributed by atoms with van der Waals surface area (Å²) in [6.45, 7) is 2.52. The van der Waals surface area contributed by atoms with E-state index in [1.807, 2.05) is 0 Å². The fourth-order valence-corrected chi connectivity index (χ4v) is 1.14. The van der Waals surface area contributed by atoms with Gasteiger partial charge in [0.05, 0.1) is 5.92 Å². The third kappa shape index (κ3) is 8.71. The molecule has 0 fully saturated rings. The van der Waals surface area contributed by atoms with E-state index in [9.17, 15) is 18.0 Å². The summed E-state index contributed by atoms with van der Waals surface area (Å²) in [7, 11) is -4.15. The molecule has 0 aliphatic heterocycles. The average molecular weight is 280 g/mol. The maximum absolute atomic E-state index is 11.3. The van der Waals surface area contributed by atoms with Crippen molar-refractivity contribution < 1.29 is 32.0 Å². The summed E-state index contributed by atoms with van der Waals surface area (Å²) in [6.07, 6.45) is 2.70. The molecule has 104 valence electrons. The maximum atomic E-state index is 11.3. The lowest BCUT2D eigenvalue weighted by atomic mass is 10.2. The Bertz CT molecular complexity index is 410. The molecule has 0 aliphatic rings. The summed E-state index contributed by atoms with van der Waals surface area (Å²) in [4.78, 5) is 22.2. The van der Waals surface area contributed by atoms with Crippen LogP contribution in [0.4, 0.5) is 0 Å². The number of ether oxygens (including phenoxy) is 2. The smallest absolute Gasteiger partial charge is 0.330 e. The minimum Gasteiger partial charge on any atom is -0.464 e. The lowest BCUT2D eigenvalue weighted by Gasteiger charge is -2.10. The number of allylic oxidation sites excluding steroid dienone is 1. The Hall–Kier alpha value is -1.41. The van der Waals surface area contributed by atoms with Crippen molar-refractivity contribution in [1.82, 2.24) is 0 Å². The lowest BCUT2D eigenvalue weighted by Crippen LogP contribution is -2.23. The zero-order valence-electron chi connectivity index (χ0n) is 10.2. The SMILES string of the molecule is CC=CC(=O)OCC(C)C(=O)OCCS(=O)(=O)O. The van der Waals surface area contributed by atoms with Gasteiger partial charge in [-0.1, -0.05) is 6.08 Å². The van der Waals surface area contributed by atoms with Crippen molar-refractivity contribution >= 4 is 22.1 Å². The normalized spacial score (nSPS) is 13.3. The Morgan fingerprint density at radius 3 is 2.44 bits per heavy atom. The van der Waals surface area contributed by atoms with E-state index in [0.29, 0.717) is 0 Å². The van der Waals surface area contributed by atoms with Gasteiger partial charge in [0, 0.05) is 6.08 Å². The van der Waals surface area contributed by atoms with Crippen molar-refractivity contribution in [2.75, 3.05) is 19.0 Å². The van der Waals surface area contributed by atoms with Crippen molar-refractivity contribution in [3.63, 3.8) is 0 Å². The highest BCUT2D eigenvalue weighted by molar-refractivity contribution is 7.85. The fraction of sp³-hybridized carbons (Fsp3) is 0.600. The minimum absolute atomic E-state index is 0.159. The lowest BCUT2D eigenvalue weighted by molar-refractivity contribution is -0.151. The van der Waals surface area contributed by atoms with E-state index < -0.39 is 40.3 Å². The first-order valence-corrected chi connectivity index (χ1v) is 6.78. The Morgan fingerprint density at radius 2 is 1.94 bits per heavy atom. The summed E-state index contributed by atoms with van der Waals surface area (Å²) in [5, 5.41) is 0. The van der Waals surface area contributed by atoms with Crippen molar-refractivity contribution in [3.05, 3.63) is 12.2 Å². The van der Waals surface area contributed by atoms with Gasteiger partial charge in [0.2, 0.25) is 0 Å². The number of carbonyl (C=O) groups is 2. The molecule has 7 nitrogen and oxygen atoms in total. The third-order valence-electron chi connectivity index (χ3n) is 1.77. The number of hydrogen-bond donors (Lipinski definition) is 1. The van der Waals surface area contributed by atoms with Gasteiger partial charge < -0.3 is 9.47 Å².